The summed E-state index contributed by atoms with van der Waals surface area (Å²) in [6.07, 6.45) is 2.62. The lowest BCUT2D eigenvalue weighted by Crippen LogP contribution is -2.64. The van der Waals surface area contributed by atoms with Gasteiger partial charge in [-0.3, -0.25) is 9.69 Å². The molecular formula is C20H25N5O3. The SMILES string of the molecule is CC1=CN2C(=NC3C2C(=O)N(CCc2ccccc2)C(=O)N3C)N1CCCO. The quantitative estimate of drug-likeness (QED) is 0.794. The minimum absolute atomic E-state index is 0.0918. The molecule has 8 nitrogen and oxygen atoms in total. The minimum atomic E-state index is -0.539. The summed E-state index contributed by atoms with van der Waals surface area (Å²) in [4.78, 5) is 37.5. The fourth-order valence-corrected chi connectivity index (χ4v) is 4.00. The van der Waals surface area contributed by atoms with Gasteiger partial charge in [0.15, 0.2) is 12.2 Å². The molecule has 1 N–H and O–H groups in total. The minimum Gasteiger partial charge on any atom is -0.396 e. The summed E-state index contributed by atoms with van der Waals surface area (Å²) in [5, 5.41) is 9.15. The van der Waals surface area contributed by atoms with E-state index in [2.05, 4.69) is 4.99 Å². The largest absolute Gasteiger partial charge is 0.396 e. The highest BCUT2D eigenvalue weighted by atomic mass is 16.3. The Bertz CT molecular complexity index is 838. The maximum atomic E-state index is 13.2. The normalized spacial score (nSPS) is 23.8. The first-order valence-electron chi connectivity index (χ1n) is 9.58. The second-order valence-corrected chi connectivity index (χ2v) is 7.31. The van der Waals surface area contributed by atoms with Crippen LogP contribution in [0, 0.1) is 0 Å². The van der Waals surface area contributed by atoms with Crippen LogP contribution >= 0.6 is 0 Å². The molecule has 3 amide bonds. The molecule has 0 spiro atoms. The summed E-state index contributed by atoms with van der Waals surface area (Å²) in [5.74, 6) is 0.467. The number of allylic oxidation sites excluding steroid dienone is 1. The number of guanidine groups is 1. The third-order valence-electron chi connectivity index (χ3n) is 5.51. The molecule has 0 saturated carbocycles. The van der Waals surface area contributed by atoms with Gasteiger partial charge in [0.05, 0.1) is 0 Å². The Balaban J connectivity index is 1.54. The van der Waals surface area contributed by atoms with Crippen molar-refractivity contribution >= 4 is 17.9 Å². The van der Waals surface area contributed by atoms with Gasteiger partial charge in [0.2, 0.25) is 5.96 Å². The smallest absolute Gasteiger partial charge is 0.328 e. The zero-order valence-corrected chi connectivity index (χ0v) is 16.2. The van der Waals surface area contributed by atoms with Gasteiger partial charge in [-0.1, -0.05) is 30.3 Å². The number of imide groups is 1. The van der Waals surface area contributed by atoms with Crippen LogP contribution in [-0.2, 0) is 11.2 Å². The number of aliphatic hydroxyl groups is 1. The molecule has 4 rings (SSSR count). The van der Waals surface area contributed by atoms with Crippen molar-refractivity contribution in [2.24, 2.45) is 4.99 Å². The highest BCUT2D eigenvalue weighted by Crippen LogP contribution is 2.34. The van der Waals surface area contributed by atoms with Crippen molar-refractivity contribution in [3.63, 3.8) is 0 Å². The van der Waals surface area contributed by atoms with E-state index in [1.165, 1.54) is 4.90 Å². The van der Waals surface area contributed by atoms with E-state index in [-0.39, 0.29) is 18.5 Å². The van der Waals surface area contributed by atoms with Crippen LogP contribution in [0.25, 0.3) is 0 Å². The summed E-state index contributed by atoms with van der Waals surface area (Å²) in [6.45, 7) is 3.02. The van der Waals surface area contributed by atoms with Gasteiger partial charge >= 0.3 is 6.03 Å². The number of nitrogens with zero attached hydrogens (tertiary/aromatic N) is 5. The summed E-state index contributed by atoms with van der Waals surface area (Å²) in [7, 11) is 1.70. The van der Waals surface area contributed by atoms with Gasteiger partial charge in [0.1, 0.15) is 0 Å². The molecule has 0 aliphatic carbocycles. The highest BCUT2D eigenvalue weighted by molar-refractivity contribution is 6.04. The van der Waals surface area contributed by atoms with Gasteiger partial charge in [-0.05, 0) is 25.3 Å². The standard InChI is InChI=1S/C20H25N5O3/c1-14-13-25-16-17(21-19(25)23(14)10-6-12-26)22(2)20(28)24(18(16)27)11-9-15-7-4-3-5-8-15/h3-5,7-8,13,16-17,26H,6,9-12H2,1-2H3. The molecule has 0 aromatic heterocycles. The number of likely N-dealkylation sites (N-methyl/N-ethyl adjacent to an activating group) is 1. The van der Waals surface area contributed by atoms with Gasteiger partial charge in [0.25, 0.3) is 5.91 Å². The van der Waals surface area contributed by atoms with Crippen LogP contribution in [-0.4, -0.2) is 81.6 Å². The third kappa shape index (κ3) is 2.93. The fraction of sp³-hybridized carbons (Fsp3) is 0.450. The van der Waals surface area contributed by atoms with Gasteiger partial charge in [-0.2, -0.15) is 0 Å². The number of carbonyl (C=O) groups is 2. The Kier molecular flexibility index (Phi) is 4.80. The van der Waals surface area contributed by atoms with Crippen LogP contribution in [0.2, 0.25) is 0 Å². The Hall–Kier alpha value is -2.87. The lowest BCUT2D eigenvalue weighted by Gasteiger charge is -2.40. The number of urea groups is 1. The highest BCUT2D eigenvalue weighted by Gasteiger charge is 2.53. The van der Waals surface area contributed by atoms with E-state index in [1.807, 2.05) is 53.3 Å². The van der Waals surface area contributed by atoms with Gasteiger partial charge < -0.3 is 19.8 Å². The molecule has 3 heterocycles. The Morgan fingerprint density at radius 2 is 1.86 bits per heavy atom. The van der Waals surface area contributed by atoms with E-state index in [0.717, 1.165) is 11.3 Å². The fourth-order valence-electron chi connectivity index (χ4n) is 4.00. The molecule has 2 unspecified atom stereocenters. The van der Waals surface area contributed by atoms with Crippen molar-refractivity contribution in [1.82, 2.24) is 19.6 Å². The van der Waals surface area contributed by atoms with Crippen LogP contribution in [0.5, 0.6) is 0 Å². The lowest BCUT2D eigenvalue weighted by molar-refractivity contribution is -0.136. The van der Waals surface area contributed by atoms with Crippen LogP contribution < -0.4 is 0 Å². The molecule has 28 heavy (non-hydrogen) atoms. The summed E-state index contributed by atoms with van der Waals surface area (Å²) in [5.41, 5.74) is 2.07. The monoisotopic (exact) mass is 383 g/mol. The Morgan fingerprint density at radius 3 is 2.57 bits per heavy atom. The van der Waals surface area contributed by atoms with E-state index in [9.17, 15) is 9.59 Å². The van der Waals surface area contributed by atoms with Crippen LogP contribution in [0.1, 0.15) is 18.9 Å². The first-order chi connectivity index (χ1) is 13.5. The number of carbonyl (C=O) groups excluding carboxylic acids is 2. The molecule has 1 saturated heterocycles. The van der Waals surface area contributed by atoms with Gasteiger partial charge in [0, 0.05) is 38.6 Å². The summed E-state index contributed by atoms with van der Waals surface area (Å²) >= 11 is 0. The molecule has 1 fully saturated rings. The molecule has 3 aliphatic heterocycles. The van der Waals surface area contributed by atoms with Crippen LogP contribution in [0.3, 0.4) is 0 Å². The molecule has 0 radical (unpaired) electrons. The molecule has 148 valence electrons. The first-order valence-corrected chi connectivity index (χ1v) is 9.58. The van der Waals surface area contributed by atoms with E-state index >= 15 is 0 Å². The molecule has 2 atom stereocenters. The van der Waals surface area contributed by atoms with Crippen molar-refractivity contribution < 1.29 is 14.7 Å². The molecule has 0 bridgehead atoms. The number of amides is 3. The summed E-state index contributed by atoms with van der Waals surface area (Å²) in [6, 6.07) is 8.99. The number of rotatable bonds is 6. The predicted octanol–water partition coefficient (Wildman–Crippen LogP) is 1.05. The van der Waals surface area contributed by atoms with Crippen LogP contribution in [0.15, 0.2) is 47.2 Å². The number of fused-ring (bicyclic) bond motifs is 3. The summed E-state index contributed by atoms with van der Waals surface area (Å²) < 4.78 is 0. The average Bonchev–Trinajstić information content (AvgIpc) is 3.20. The maximum Gasteiger partial charge on any atom is 0.328 e. The molecule has 3 aliphatic rings. The van der Waals surface area contributed by atoms with Crippen molar-refractivity contribution in [1.29, 1.82) is 0 Å². The number of aliphatic hydroxyl groups excluding tert-OH is 1. The third-order valence-corrected chi connectivity index (χ3v) is 5.51. The van der Waals surface area contributed by atoms with E-state index < -0.39 is 12.2 Å². The molecular weight excluding hydrogens is 358 g/mol. The van der Waals surface area contributed by atoms with Gasteiger partial charge in [-0.25, -0.2) is 9.79 Å². The van der Waals surface area contributed by atoms with Crippen molar-refractivity contribution in [2.75, 3.05) is 26.7 Å². The van der Waals surface area contributed by atoms with Crippen LogP contribution in [0.4, 0.5) is 4.79 Å². The van der Waals surface area contributed by atoms with Gasteiger partial charge in [-0.15, -0.1) is 0 Å². The molecule has 8 heteroatoms. The predicted molar refractivity (Wildman–Crippen MR) is 104 cm³/mol. The van der Waals surface area contributed by atoms with E-state index in [0.29, 0.717) is 31.9 Å². The molecule has 1 aromatic rings. The van der Waals surface area contributed by atoms with Crippen molar-refractivity contribution in [3.05, 3.63) is 47.8 Å². The second-order valence-electron chi connectivity index (χ2n) is 7.31. The van der Waals surface area contributed by atoms with E-state index in [1.54, 1.807) is 11.9 Å². The lowest BCUT2D eigenvalue weighted by atomic mass is 10.1. The number of hydrogen-bond acceptors (Lipinski definition) is 6. The Morgan fingerprint density at radius 1 is 1.11 bits per heavy atom. The average molecular weight is 383 g/mol. The Labute approximate surface area is 164 Å². The van der Waals surface area contributed by atoms with Crippen molar-refractivity contribution in [2.45, 2.75) is 32.0 Å². The number of aliphatic imine (C=N–C) groups is 1. The number of hydrogen-bond donors (Lipinski definition) is 1. The topological polar surface area (TPSA) is 79.7 Å². The maximum absolute atomic E-state index is 13.2. The number of benzene rings is 1. The molecule has 1 aromatic carbocycles. The van der Waals surface area contributed by atoms with Crippen molar-refractivity contribution in [3.8, 4) is 0 Å². The zero-order chi connectivity index (χ0) is 19.8. The zero-order valence-electron chi connectivity index (χ0n) is 16.2. The second kappa shape index (κ2) is 7.27. The first kappa shape index (κ1) is 18.5. The van der Waals surface area contributed by atoms with E-state index in [4.69, 9.17) is 5.11 Å².